The van der Waals surface area contributed by atoms with Crippen LogP contribution in [0.4, 0.5) is 4.39 Å². The summed E-state index contributed by atoms with van der Waals surface area (Å²) in [6.45, 7) is 3.42. The van der Waals surface area contributed by atoms with Crippen LogP contribution in [0.1, 0.15) is 17.8 Å². The number of hydrogen-bond donors (Lipinski definition) is 1. The molecule has 2 rings (SSSR count). The zero-order chi connectivity index (χ0) is 13.7. The van der Waals surface area contributed by atoms with Gasteiger partial charge in [0.15, 0.2) is 0 Å². The van der Waals surface area contributed by atoms with E-state index in [1.807, 2.05) is 6.07 Å². The van der Waals surface area contributed by atoms with Crippen LogP contribution < -0.4 is 10.1 Å². The van der Waals surface area contributed by atoms with Gasteiger partial charge in [-0.15, -0.1) is 11.3 Å². The second-order valence-corrected chi connectivity index (χ2v) is 5.95. The molecule has 0 amide bonds. The molecular weight excluding hydrogens is 329 g/mol. The molecule has 0 aliphatic carbocycles. The Morgan fingerprint density at radius 2 is 2.26 bits per heavy atom. The molecule has 1 N–H and O–H groups in total. The number of halogens is 2. The van der Waals surface area contributed by atoms with Crippen LogP contribution in [-0.2, 0) is 0 Å². The van der Waals surface area contributed by atoms with Crippen molar-refractivity contribution in [2.24, 2.45) is 0 Å². The highest BCUT2D eigenvalue weighted by Crippen LogP contribution is 2.21. The summed E-state index contributed by atoms with van der Waals surface area (Å²) in [5.41, 5.74) is 0. The first-order valence-electron chi connectivity index (χ1n) is 6.01. The van der Waals surface area contributed by atoms with Crippen molar-refractivity contribution in [1.29, 1.82) is 0 Å². The highest BCUT2D eigenvalue weighted by atomic mass is 79.9. The van der Waals surface area contributed by atoms with Crippen LogP contribution in [0.2, 0.25) is 0 Å². The van der Waals surface area contributed by atoms with Crippen molar-refractivity contribution in [2.45, 2.75) is 13.0 Å². The Kier molecular flexibility index (Phi) is 5.36. The largest absolute Gasteiger partial charge is 0.492 e. The van der Waals surface area contributed by atoms with Gasteiger partial charge in [-0.25, -0.2) is 4.39 Å². The number of hydrogen-bond acceptors (Lipinski definition) is 3. The molecule has 0 bridgehead atoms. The number of nitrogens with one attached hydrogen (secondary N) is 1. The number of rotatable bonds is 6. The smallest absolute Gasteiger partial charge is 0.137 e. The molecular formula is C14H15BrFNOS. The van der Waals surface area contributed by atoms with Crippen LogP contribution in [-0.4, -0.2) is 13.2 Å². The summed E-state index contributed by atoms with van der Waals surface area (Å²) in [5, 5.41) is 5.45. The van der Waals surface area contributed by atoms with E-state index in [0.29, 0.717) is 22.9 Å². The van der Waals surface area contributed by atoms with Gasteiger partial charge in [0.05, 0.1) is 4.47 Å². The third kappa shape index (κ3) is 4.30. The Labute approximate surface area is 124 Å². The van der Waals surface area contributed by atoms with Gasteiger partial charge in [-0.05, 0) is 52.5 Å². The Hall–Kier alpha value is -0.910. The molecule has 0 aliphatic rings. The standard InChI is InChI=1S/C14H15BrFNOS/c1-10(14-3-2-8-19-14)17-6-7-18-11-4-5-13(16)12(15)9-11/h2-5,8-10,17H,6-7H2,1H3. The average molecular weight is 344 g/mol. The molecule has 1 unspecified atom stereocenters. The molecule has 5 heteroatoms. The summed E-state index contributed by atoms with van der Waals surface area (Å²) < 4.78 is 19.0. The molecule has 0 radical (unpaired) electrons. The van der Waals surface area contributed by atoms with Gasteiger partial charge in [0.25, 0.3) is 0 Å². The molecule has 0 saturated carbocycles. The second kappa shape index (κ2) is 7.03. The van der Waals surface area contributed by atoms with E-state index >= 15 is 0 Å². The van der Waals surface area contributed by atoms with Crippen LogP contribution in [0.3, 0.4) is 0 Å². The average Bonchev–Trinajstić information content (AvgIpc) is 2.92. The lowest BCUT2D eigenvalue weighted by atomic mass is 10.3. The Morgan fingerprint density at radius 3 is 2.95 bits per heavy atom. The quantitative estimate of drug-likeness (QED) is 0.786. The molecule has 0 saturated heterocycles. The minimum absolute atomic E-state index is 0.281. The summed E-state index contributed by atoms with van der Waals surface area (Å²) in [4.78, 5) is 1.31. The lowest BCUT2D eigenvalue weighted by Crippen LogP contribution is -2.23. The van der Waals surface area contributed by atoms with Crippen molar-refractivity contribution in [2.75, 3.05) is 13.2 Å². The molecule has 0 aliphatic heterocycles. The van der Waals surface area contributed by atoms with E-state index in [1.54, 1.807) is 23.5 Å². The normalized spacial score (nSPS) is 12.4. The lowest BCUT2D eigenvalue weighted by Gasteiger charge is -2.12. The fraction of sp³-hybridized carbons (Fsp3) is 0.286. The van der Waals surface area contributed by atoms with E-state index < -0.39 is 0 Å². The Balaban J connectivity index is 1.73. The van der Waals surface area contributed by atoms with E-state index in [-0.39, 0.29) is 5.82 Å². The van der Waals surface area contributed by atoms with Crippen LogP contribution in [0.15, 0.2) is 40.2 Å². The van der Waals surface area contributed by atoms with Gasteiger partial charge in [-0.2, -0.15) is 0 Å². The number of thiophene rings is 1. The maximum atomic E-state index is 13.0. The highest BCUT2D eigenvalue weighted by molar-refractivity contribution is 9.10. The molecule has 0 fully saturated rings. The van der Waals surface area contributed by atoms with Crippen molar-refractivity contribution in [3.05, 3.63) is 50.9 Å². The maximum Gasteiger partial charge on any atom is 0.137 e. The van der Waals surface area contributed by atoms with Crippen molar-refractivity contribution >= 4 is 27.3 Å². The molecule has 1 aromatic heterocycles. The summed E-state index contributed by atoms with van der Waals surface area (Å²) in [5.74, 6) is 0.385. The number of benzene rings is 1. The van der Waals surface area contributed by atoms with Gasteiger partial charge in [0.2, 0.25) is 0 Å². The van der Waals surface area contributed by atoms with Gasteiger partial charge >= 0.3 is 0 Å². The van der Waals surface area contributed by atoms with Crippen molar-refractivity contribution in [3.63, 3.8) is 0 Å². The van der Waals surface area contributed by atoms with Crippen molar-refractivity contribution < 1.29 is 9.13 Å². The number of ether oxygens (including phenoxy) is 1. The molecule has 102 valence electrons. The first-order valence-corrected chi connectivity index (χ1v) is 7.68. The molecule has 19 heavy (non-hydrogen) atoms. The predicted molar refractivity (Wildman–Crippen MR) is 80.3 cm³/mol. The minimum Gasteiger partial charge on any atom is -0.492 e. The maximum absolute atomic E-state index is 13.0. The molecule has 2 nitrogen and oxygen atoms in total. The van der Waals surface area contributed by atoms with Crippen molar-refractivity contribution in [1.82, 2.24) is 5.32 Å². The van der Waals surface area contributed by atoms with Gasteiger partial charge in [0.1, 0.15) is 18.2 Å². The van der Waals surface area contributed by atoms with E-state index in [0.717, 1.165) is 6.54 Å². The van der Waals surface area contributed by atoms with E-state index in [2.05, 4.69) is 39.6 Å². The third-order valence-electron chi connectivity index (χ3n) is 2.68. The Morgan fingerprint density at radius 1 is 1.42 bits per heavy atom. The first kappa shape index (κ1) is 14.5. The monoisotopic (exact) mass is 343 g/mol. The molecule has 1 atom stereocenters. The molecule has 1 heterocycles. The summed E-state index contributed by atoms with van der Waals surface area (Å²) in [6, 6.07) is 9.14. The topological polar surface area (TPSA) is 21.3 Å². The van der Waals surface area contributed by atoms with Gasteiger partial charge in [-0.1, -0.05) is 6.07 Å². The summed E-state index contributed by atoms with van der Waals surface area (Å²) in [7, 11) is 0. The van der Waals surface area contributed by atoms with Crippen LogP contribution in [0.25, 0.3) is 0 Å². The lowest BCUT2D eigenvalue weighted by molar-refractivity contribution is 0.307. The van der Waals surface area contributed by atoms with Crippen LogP contribution >= 0.6 is 27.3 Å². The van der Waals surface area contributed by atoms with E-state index in [1.165, 1.54) is 10.9 Å². The molecule has 0 spiro atoms. The third-order valence-corrected chi connectivity index (χ3v) is 4.35. The summed E-state index contributed by atoms with van der Waals surface area (Å²) in [6.07, 6.45) is 0. The van der Waals surface area contributed by atoms with Crippen molar-refractivity contribution in [3.8, 4) is 5.75 Å². The van der Waals surface area contributed by atoms with Gasteiger partial charge in [-0.3, -0.25) is 0 Å². The highest BCUT2D eigenvalue weighted by Gasteiger charge is 2.05. The van der Waals surface area contributed by atoms with Gasteiger partial charge in [0, 0.05) is 17.5 Å². The fourth-order valence-corrected chi connectivity index (χ4v) is 2.77. The molecule has 1 aromatic carbocycles. The summed E-state index contributed by atoms with van der Waals surface area (Å²) >= 11 is 4.87. The zero-order valence-corrected chi connectivity index (χ0v) is 12.9. The second-order valence-electron chi connectivity index (χ2n) is 4.12. The minimum atomic E-state index is -0.281. The van der Waals surface area contributed by atoms with Crippen LogP contribution in [0, 0.1) is 5.82 Å². The fourth-order valence-electron chi connectivity index (χ4n) is 1.65. The molecule has 2 aromatic rings. The van der Waals surface area contributed by atoms with E-state index in [9.17, 15) is 4.39 Å². The van der Waals surface area contributed by atoms with E-state index in [4.69, 9.17) is 4.74 Å². The van der Waals surface area contributed by atoms with Crippen LogP contribution in [0.5, 0.6) is 5.75 Å². The Bertz CT molecular complexity index is 518. The van der Waals surface area contributed by atoms with Gasteiger partial charge < -0.3 is 10.1 Å². The predicted octanol–water partition coefficient (Wildman–Crippen LogP) is 4.38. The zero-order valence-electron chi connectivity index (χ0n) is 10.5. The first-order chi connectivity index (χ1) is 9.16. The SMILES string of the molecule is CC(NCCOc1ccc(F)c(Br)c1)c1cccs1.